The van der Waals surface area contributed by atoms with Gasteiger partial charge in [-0.1, -0.05) is 25.3 Å². The molecule has 1 nitrogen and oxygen atoms in total. The average Bonchev–Trinajstić information content (AvgIpc) is 2.83. The molecule has 0 aromatic carbocycles. The van der Waals surface area contributed by atoms with Gasteiger partial charge in [0.2, 0.25) is 0 Å². The first-order chi connectivity index (χ1) is 7.86. The van der Waals surface area contributed by atoms with Crippen molar-refractivity contribution in [2.45, 2.75) is 51.5 Å². The highest BCUT2D eigenvalue weighted by Gasteiger charge is 2.19. The number of hydrogen-bond donors (Lipinski definition) is 1. The van der Waals surface area contributed by atoms with Gasteiger partial charge in [0.15, 0.2) is 0 Å². The topological polar surface area (TPSA) is 12.0 Å². The molecule has 0 aliphatic heterocycles. The van der Waals surface area contributed by atoms with Crippen molar-refractivity contribution in [1.82, 2.24) is 5.32 Å². The van der Waals surface area contributed by atoms with Crippen LogP contribution in [-0.2, 0) is 6.42 Å². The van der Waals surface area contributed by atoms with Crippen molar-refractivity contribution in [2.75, 3.05) is 6.54 Å². The Balaban J connectivity index is 1.65. The molecule has 1 aliphatic rings. The second-order valence-corrected chi connectivity index (χ2v) is 6.00. The zero-order valence-electron chi connectivity index (χ0n) is 10.2. The van der Waals surface area contributed by atoms with Gasteiger partial charge in [0, 0.05) is 17.5 Å². The molecule has 0 spiro atoms. The number of rotatable bonds is 5. The van der Waals surface area contributed by atoms with E-state index in [2.05, 4.69) is 29.8 Å². The Morgan fingerprint density at radius 1 is 1.38 bits per heavy atom. The van der Waals surface area contributed by atoms with Crippen molar-refractivity contribution >= 4 is 11.3 Å². The monoisotopic (exact) mass is 237 g/mol. The Morgan fingerprint density at radius 3 is 2.88 bits per heavy atom. The molecular formula is C14H23NS. The second kappa shape index (κ2) is 6.41. The Kier molecular flexibility index (Phi) is 4.86. The highest BCUT2D eigenvalue weighted by molar-refractivity contribution is 7.09. The van der Waals surface area contributed by atoms with E-state index in [1.807, 2.05) is 11.3 Å². The average molecular weight is 237 g/mol. The molecule has 1 heterocycles. The fourth-order valence-corrected chi connectivity index (χ4v) is 3.39. The zero-order chi connectivity index (χ0) is 11.2. The second-order valence-electron chi connectivity index (χ2n) is 4.97. The molecular weight excluding hydrogens is 214 g/mol. The Morgan fingerprint density at radius 2 is 2.19 bits per heavy atom. The van der Waals surface area contributed by atoms with Crippen LogP contribution in [0.1, 0.15) is 43.9 Å². The van der Waals surface area contributed by atoms with E-state index in [-0.39, 0.29) is 0 Å². The molecule has 1 aromatic heterocycles. The minimum atomic E-state index is 0.709. The molecule has 90 valence electrons. The summed E-state index contributed by atoms with van der Waals surface area (Å²) in [7, 11) is 0. The first-order valence-electron chi connectivity index (χ1n) is 6.62. The van der Waals surface area contributed by atoms with Gasteiger partial charge in [-0.05, 0) is 43.6 Å². The molecule has 1 N–H and O–H groups in total. The van der Waals surface area contributed by atoms with E-state index in [1.54, 1.807) is 0 Å². The third kappa shape index (κ3) is 3.60. The van der Waals surface area contributed by atoms with Gasteiger partial charge in [-0.25, -0.2) is 0 Å². The van der Waals surface area contributed by atoms with E-state index in [4.69, 9.17) is 0 Å². The summed E-state index contributed by atoms with van der Waals surface area (Å²) >= 11 is 1.87. The molecule has 1 aromatic rings. The lowest BCUT2D eigenvalue weighted by atomic mass is 9.84. The van der Waals surface area contributed by atoms with Crippen molar-refractivity contribution in [2.24, 2.45) is 5.92 Å². The van der Waals surface area contributed by atoms with E-state index in [0.29, 0.717) is 6.04 Å². The van der Waals surface area contributed by atoms with Gasteiger partial charge < -0.3 is 5.32 Å². The van der Waals surface area contributed by atoms with Crippen molar-refractivity contribution in [3.05, 3.63) is 22.4 Å². The van der Waals surface area contributed by atoms with Gasteiger partial charge in [-0.3, -0.25) is 0 Å². The number of hydrogen-bond acceptors (Lipinski definition) is 2. The standard InChI is InChI=1S/C14H23NS/c1-12(13-6-3-2-4-7-13)15-10-9-14-8-5-11-16-14/h5,8,11-13,15H,2-4,6-7,9-10H2,1H3/t12-/m1/s1. The van der Waals surface area contributed by atoms with Gasteiger partial charge in [0.05, 0.1) is 0 Å². The van der Waals surface area contributed by atoms with Gasteiger partial charge in [0.1, 0.15) is 0 Å². The van der Waals surface area contributed by atoms with Crippen LogP contribution in [0.15, 0.2) is 17.5 Å². The first-order valence-corrected chi connectivity index (χ1v) is 7.50. The van der Waals surface area contributed by atoms with E-state index in [0.717, 1.165) is 12.5 Å². The summed E-state index contributed by atoms with van der Waals surface area (Å²) in [5, 5.41) is 5.86. The molecule has 0 saturated heterocycles. The van der Waals surface area contributed by atoms with E-state index in [9.17, 15) is 0 Å². The van der Waals surface area contributed by atoms with Crippen LogP contribution in [0.4, 0.5) is 0 Å². The molecule has 0 amide bonds. The maximum absolute atomic E-state index is 3.70. The van der Waals surface area contributed by atoms with Crippen LogP contribution >= 0.6 is 11.3 Å². The quantitative estimate of drug-likeness (QED) is 0.820. The van der Waals surface area contributed by atoms with Crippen LogP contribution < -0.4 is 5.32 Å². The smallest absolute Gasteiger partial charge is 0.00671 e. The zero-order valence-corrected chi connectivity index (χ0v) is 11.1. The summed E-state index contributed by atoms with van der Waals surface area (Å²) < 4.78 is 0. The molecule has 1 fully saturated rings. The summed E-state index contributed by atoms with van der Waals surface area (Å²) in [6.07, 6.45) is 8.41. The predicted octanol–water partition coefficient (Wildman–Crippen LogP) is 3.85. The van der Waals surface area contributed by atoms with Crippen LogP contribution in [0.3, 0.4) is 0 Å². The third-order valence-corrected chi connectivity index (χ3v) is 4.71. The van der Waals surface area contributed by atoms with E-state index < -0.39 is 0 Å². The van der Waals surface area contributed by atoms with Crippen LogP contribution in [0.2, 0.25) is 0 Å². The summed E-state index contributed by atoms with van der Waals surface area (Å²) in [6.45, 7) is 3.50. The van der Waals surface area contributed by atoms with Gasteiger partial charge >= 0.3 is 0 Å². The van der Waals surface area contributed by atoms with Crippen LogP contribution in [0.5, 0.6) is 0 Å². The Hall–Kier alpha value is -0.340. The third-order valence-electron chi connectivity index (χ3n) is 3.77. The molecule has 1 atom stereocenters. The number of nitrogens with one attached hydrogen (secondary N) is 1. The fraction of sp³-hybridized carbons (Fsp3) is 0.714. The lowest BCUT2D eigenvalue weighted by molar-refractivity contribution is 0.283. The van der Waals surface area contributed by atoms with Crippen molar-refractivity contribution in [1.29, 1.82) is 0 Å². The molecule has 0 radical (unpaired) electrons. The van der Waals surface area contributed by atoms with Gasteiger partial charge in [-0.15, -0.1) is 11.3 Å². The predicted molar refractivity (Wildman–Crippen MR) is 72.1 cm³/mol. The molecule has 2 rings (SSSR count). The first kappa shape index (κ1) is 12.1. The summed E-state index contributed by atoms with van der Waals surface area (Å²) in [4.78, 5) is 1.50. The minimum absolute atomic E-state index is 0.709. The van der Waals surface area contributed by atoms with Crippen LogP contribution in [0.25, 0.3) is 0 Å². The largest absolute Gasteiger partial charge is 0.314 e. The van der Waals surface area contributed by atoms with Crippen LogP contribution in [0, 0.1) is 5.92 Å². The Bertz CT molecular complexity index is 275. The summed E-state index contributed by atoms with van der Waals surface area (Å²) in [6, 6.07) is 5.09. The molecule has 0 unspecified atom stereocenters. The molecule has 1 aliphatic carbocycles. The molecule has 16 heavy (non-hydrogen) atoms. The van der Waals surface area contributed by atoms with Crippen LogP contribution in [-0.4, -0.2) is 12.6 Å². The highest BCUT2D eigenvalue weighted by Crippen LogP contribution is 2.26. The summed E-state index contributed by atoms with van der Waals surface area (Å²) in [5.74, 6) is 0.928. The maximum atomic E-state index is 3.70. The van der Waals surface area contributed by atoms with Gasteiger partial charge in [0.25, 0.3) is 0 Å². The Labute approximate surface area is 103 Å². The molecule has 2 heteroatoms. The SMILES string of the molecule is C[C@@H](NCCc1cccs1)C1CCCCC1. The number of thiophene rings is 1. The minimum Gasteiger partial charge on any atom is -0.314 e. The van der Waals surface area contributed by atoms with E-state index >= 15 is 0 Å². The van der Waals surface area contributed by atoms with Crippen molar-refractivity contribution < 1.29 is 0 Å². The van der Waals surface area contributed by atoms with Gasteiger partial charge in [-0.2, -0.15) is 0 Å². The van der Waals surface area contributed by atoms with E-state index in [1.165, 1.54) is 43.4 Å². The normalized spacial score (nSPS) is 19.8. The maximum Gasteiger partial charge on any atom is 0.00671 e. The lowest BCUT2D eigenvalue weighted by Crippen LogP contribution is -2.35. The molecule has 1 saturated carbocycles. The fourth-order valence-electron chi connectivity index (χ4n) is 2.68. The highest BCUT2D eigenvalue weighted by atomic mass is 32.1. The molecule has 0 bridgehead atoms. The lowest BCUT2D eigenvalue weighted by Gasteiger charge is -2.28. The summed E-state index contributed by atoms with van der Waals surface area (Å²) in [5.41, 5.74) is 0. The van der Waals surface area contributed by atoms with Crippen molar-refractivity contribution in [3.63, 3.8) is 0 Å². The van der Waals surface area contributed by atoms with Crippen molar-refractivity contribution in [3.8, 4) is 0 Å².